The van der Waals surface area contributed by atoms with Crippen LogP contribution in [0.3, 0.4) is 0 Å². The van der Waals surface area contributed by atoms with Crippen molar-refractivity contribution in [3.63, 3.8) is 0 Å². The van der Waals surface area contributed by atoms with Gasteiger partial charge in [0.15, 0.2) is 6.61 Å². The molecule has 0 fully saturated rings. The first-order chi connectivity index (χ1) is 13.1. The highest BCUT2D eigenvalue weighted by molar-refractivity contribution is 5.96. The van der Waals surface area contributed by atoms with Gasteiger partial charge < -0.3 is 14.8 Å². The molecule has 0 atom stereocenters. The first-order valence-electron chi connectivity index (χ1n) is 8.29. The van der Waals surface area contributed by atoms with Gasteiger partial charge in [0, 0.05) is 11.8 Å². The number of anilines is 1. The Hall–Kier alpha value is -3.61. The van der Waals surface area contributed by atoms with Crippen molar-refractivity contribution in [3.8, 4) is 11.4 Å². The molecule has 1 N–H and O–H groups in total. The molecule has 0 bridgehead atoms. The van der Waals surface area contributed by atoms with E-state index >= 15 is 0 Å². The third kappa shape index (κ3) is 4.33. The van der Waals surface area contributed by atoms with Crippen molar-refractivity contribution >= 4 is 17.6 Å². The molecule has 0 spiro atoms. The lowest BCUT2D eigenvalue weighted by Gasteiger charge is -2.08. The molecule has 1 amide bonds. The van der Waals surface area contributed by atoms with Gasteiger partial charge in [-0.2, -0.15) is 5.10 Å². The molecule has 0 aliphatic carbocycles. The Balaban J connectivity index is 1.61. The zero-order valence-corrected chi connectivity index (χ0v) is 15.0. The van der Waals surface area contributed by atoms with E-state index in [4.69, 9.17) is 9.47 Å². The molecule has 7 heteroatoms. The van der Waals surface area contributed by atoms with E-state index in [-0.39, 0.29) is 0 Å². The lowest BCUT2D eigenvalue weighted by molar-refractivity contribution is -0.119. The number of esters is 1. The van der Waals surface area contributed by atoms with Gasteiger partial charge in [-0.3, -0.25) is 4.79 Å². The molecule has 3 rings (SSSR count). The van der Waals surface area contributed by atoms with Gasteiger partial charge in [0.05, 0.1) is 24.7 Å². The molecule has 1 heterocycles. The van der Waals surface area contributed by atoms with Crippen molar-refractivity contribution in [2.24, 2.45) is 0 Å². The Kier molecular flexibility index (Phi) is 5.51. The molecule has 0 aliphatic rings. The van der Waals surface area contributed by atoms with Crippen molar-refractivity contribution in [2.45, 2.75) is 6.92 Å². The fourth-order valence-electron chi connectivity index (χ4n) is 2.55. The molecule has 7 nitrogen and oxygen atoms in total. The number of benzene rings is 2. The number of ether oxygens (including phenoxy) is 2. The van der Waals surface area contributed by atoms with E-state index in [1.807, 2.05) is 30.3 Å². The summed E-state index contributed by atoms with van der Waals surface area (Å²) in [5.74, 6) is -0.422. The van der Waals surface area contributed by atoms with Gasteiger partial charge in [-0.05, 0) is 31.2 Å². The monoisotopic (exact) mass is 365 g/mol. The van der Waals surface area contributed by atoms with Crippen molar-refractivity contribution in [2.75, 3.05) is 19.0 Å². The molecule has 27 heavy (non-hydrogen) atoms. The predicted octanol–water partition coefficient (Wildman–Crippen LogP) is 2.98. The van der Waals surface area contributed by atoms with E-state index < -0.39 is 18.5 Å². The molecule has 0 saturated heterocycles. The van der Waals surface area contributed by atoms with E-state index in [2.05, 4.69) is 10.4 Å². The second kappa shape index (κ2) is 8.18. The summed E-state index contributed by atoms with van der Waals surface area (Å²) < 4.78 is 11.9. The number of para-hydroxylation sites is 1. The van der Waals surface area contributed by atoms with Crippen LogP contribution >= 0.6 is 0 Å². The minimum Gasteiger partial charge on any atom is -0.497 e. The zero-order valence-electron chi connectivity index (χ0n) is 15.0. The minimum atomic E-state index is -0.601. The van der Waals surface area contributed by atoms with Crippen molar-refractivity contribution < 1.29 is 19.1 Å². The maximum absolute atomic E-state index is 12.3. The largest absolute Gasteiger partial charge is 0.497 e. The highest BCUT2D eigenvalue weighted by Crippen LogP contribution is 2.17. The van der Waals surface area contributed by atoms with Crippen molar-refractivity contribution in [3.05, 3.63) is 72.1 Å². The van der Waals surface area contributed by atoms with Gasteiger partial charge in [-0.1, -0.05) is 24.3 Å². The van der Waals surface area contributed by atoms with Crippen LogP contribution in [-0.4, -0.2) is 35.4 Å². The molecular formula is C20H19N3O4. The lowest BCUT2D eigenvalue weighted by atomic mass is 10.2. The first-order valence-corrected chi connectivity index (χ1v) is 8.29. The van der Waals surface area contributed by atoms with Gasteiger partial charge in [0.25, 0.3) is 5.91 Å². The SMILES string of the molecule is COc1cccc(NC(=O)COC(=O)c2cnn(-c3ccccc3)c2C)c1. The average Bonchev–Trinajstić information content (AvgIpc) is 3.08. The Morgan fingerprint density at radius 2 is 1.89 bits per heavy atom. The zero-order chi connectivity index (χ0) is 19.2. The van der Waals surface area contributed by atoms with E-state index in [9.17, 15) is 9.59 Å². The third-order valence-corrected chi connectivity index (χ3v) is 3.92. The number of methoxy groups -OCH3 is 1. The maximum atomic E-state index is 12.3. The fourth-order valence-corrected chi connectivity index (χ4v) is 2.55. The van der Waals surface area contributed by atoms with Crippen LogP contribution in [0.2, 0.25) is 0 Å². The van der Waals surface area contributed by atoms with Gasteiger partial charge in [-0.25, -0.2) is 9.48 Å². The van der Waals surface area contributed by atoms with Crippen LogP contribution in [0.15, 0.2) is 60.8 Å². The number of aromatic nitrogens is 2. The Morgan fingerprint density at radius 1 is 1.11 bits per heavy atom. The highest BCUT2D eigenvalue weighted by atomic mass is 16.5. The van der Waals surface area contributed by atoms with Crippen molar-refractivity contribution in [1.82, 2.24) is 9.78 Å². The van der Waals surface area contributed by atoms with Crippen molar-refractivity contribution in [1.29, 1.82) is 0 Å². The quantitative estimate of drug-likeness (QED) is 0.679. The van der Waals surface area contributed by atoms with Crippen LogP contribution in [0.4, 0.5) is 5.69 Å². The van der Waals surface area contributed by atoms with Crippen LogP contribution in [-0.2, 0) is 9.53 Å². The summed E-state index contributed by atoms with van der Waals surface area (Å²) in [6, 6.07) is 16.4. The van der Waals surface area contributed by atoms with Crippen LogP contribution in [0.25, 0.3) is 5.69 Å². The van der Waals surface area contributed by atoms with E-state index in [1.165, 1.54) is 6.20 Å². The van der Waals surface area contributed by atoms with Crippen LogP contribution < -0.4 is 10.1 Å². The minimum absolute atomic E-state index is 0.313. The standard InChI is InChI=1S/C20H19N3O4/c1-14-18(12-21-23(14)16-8-4-3-5-9-16)20(25)27-13-19(24)22-15-7-6-10-17(11-15)26-2/h3-12H,13H2,1-2H3,(H,22,24). The van der Waals surface area contributed by atoms with E-state index in [0.717, 1.165) is 5.69 Å². The molecule has 1 aromatic heterocycles. The third-order valence-electron chi connectivity index (χ3n) is 3.92. The number of hydrogen-bond donors (Lipinski definition) is 1. The number of carbonyl (C=O) groups excluding carboxylic acids is 2. The molecular weight excluding hydrogens is 346 g/mol. The Bertz CT molecular complexity index is 951. The number of nitrogens with one attached hydrogen (secondary N) is 1. The summed E-state index contributed by atoms with van der Waals surface area (Å²) >= 11 is 0. The summed E-state index contributed by atoms with van der Waals surface area (Å²) in [4.78, 5) is 24.3. The first kappa shape index (κ1) is 18.2. The molecule has 0 aliphatic heterocycles. The number of rotatable bonds is 6. The summed E-state index contributed by atoms with van der Waals surface area (Å²) in [5.41, 5.74) is 2.35. The molecule has 0 unspecified atom stereocenters. The molecule has 0 saturated carbocycles. The summed E-state index contributed by atoms with van der Waals surface area (Å²) in [6.07, 6.45) is 1.44. The molecule has 2 aromatic carbocycles. The Morgan fingerprint density at radius 3 is 2.63 bits per heavy atom. The van der Waals surface area contributed by atoms with Gasteiger partial charge >= 0.3 is 5.97 Å². The number of hydrogen-bond acceptors (Lipinski definition) is 5. The van der Waals surface area contributed by atoms with Gasteiger partial charge in [0.1, 0.15) is 11.3 Å². The Labute approximate surface area is 156 Å². The molecule has 138 valence electrons. The number of nitrogens with zero attached hydrogens (tertiary/aromatic N) is 2. The summed E-state index contributed by atoms with van der Waals surface area (Å²) in [5, 5.41) is 6.87. The summed E-state index contributed by atoms with van der Waals surface area (Å²) in [6.45, 7) is 1.37. The van der Waals surface area contributed by atoms with Gasteiger partial charge in [0.2, 0.25) is 0 Å². The smallest absolute Gasteiger partial charge is 0.342 e. The average molecular weight is 365 g/mol. The normalized spacial score (nSPS) is 10.3. The summed E-state index contributed by atoms with van der Waals surface area (Å²) in [7, 11) is 1.54. The van der Waals surface area contributed by atoms with Gasteiger partial charge in [-0.15, -0.1) is 0 Å². The second-order valence-electron chi connectivity index (χ2n) is 5.75. The topological polar surface area (TPSA) is 82.4 Å². The second-order valence-corrected chi connectivity index (χ2v) is 5.75. The van der Waals surface area contributed by atoms with Crippen LogP contribution in [0.5, 0.6) is 5.75 Å². The van der Waals surface area contributed by atoms with Crippen LogP contribution in [0, 0.1) is 6.92 Å². The predicted molar refractivity (Wildman–Crippen MR) is 100 cm³/mol. The number of carbonyl (C=O) groups is 2. The highest BCUT2D eigenvalue weighted by Gasteiger charge is 2.17. The van der Waals surface area contributed by atoms with E-state index in [1.54, 1.807) is 43.0 Å². The van der Waals surface area contributed by atoms with E-state index in [0.29, 0.717) is 22.7 Å². The van der Waals surface area contributed by atoms with Crippen LogP contribution in [0.1, 0.15) is 16.1 Å². The maximum Gasteiger partial charge on any atom is 0.342 e. The fraction of sp³-hybridized carbons (Fsp3) is 0.150. The molecule has 3 aromatic rings. The number of amides is 1. The molecule has 0 radical (unpaired) electrons. The lowest BCUT2D eigenvalue weighted by Crippen LogP contribution is -2.21.